The first kappa shape index (κ1) is 23.3. The van der Waals surface area contributed by atoms with Crippen LogP contribution in [0.1, 0.15) is 34.5 Å². The predicted octanol–water partition coefficient (Wildman–Crippen LogP) is 4.25. The van der Waals surface area contributed by atoms with Gasteiger partial charge in [-0.2, -0.15) is 5.10 Å². The molecule has 8 heteroatoms. The van der Waals surface area contributed by atoms with E-state index in [-0.39, 0.29) is 24.0 Å². The highest BCUT2D eigenvalue weighted by Gasteiger charge is 2.06. The molecule has 0 bridgehead atoms. The largest absolute Gasteiger partial charge is 0.357 e. The van der Waals surface area contributed by atoms with Crippen molar-refractivity contribution in [3.8, 4) is 5.69 Å². The standard InChI is InChI=1S/C21H28N6S.HI/c1-4-22-21(25-14-20-24-13-16(2)28-20)23-12-8-9-18-15-27(26-17(18)3)19-10-6-5-7-11-19;/h5-7,10-11,13,15H,4,8-9,12,14H2,1-3H3,(H2,22,23,25);1H. The number of thiazole rings is 1. The number of benzene rings is 1. The molecule has 0 aliphatic rings. The Morgan fingerprint density at radius 3 is 2.66 bits per heavy atom. The lowest BCUT2D eigenvalue weighted by Gasteiger charge is -2.10. The maximum Gasteiger partial charge on any atom is 0.191 e. The van der Waals surface area contributed by atoms with Crippen molar-refractivity contribution < 1.29 is 0 Å². The van der Waals surface area contributed by atoms with E-state index in [0.717, 1.165) is 48.3 Å². The van der Waals surface area contributed by atoms with E-state index in [2.05, 4.69) is 64.8 Å². The zero-order chi connectivity index (χ0) is 19.8. The van der Waals surface area contributed by atoms with Crippen molar-refractivity contribution in [2.75, 3.05) is 13.1 Å². The van der Waals surface area contributed by atoms with Gasteiger partial charge < -0.3 is 10.6 Å². The van der Waals surface area contributed by atoms with Crippen LogP contribution in [-0.4, -0.2) is 33.8 Å². The summed E-state index contributed by atoms with van der Waals surface area (Å²) in [6.07, 6.45) is 6.03. The molecular weight excluding hydrogens is 495 g/mol. The molecule has 29 heavy (non-hydrogen) atoms. The molecule has 0 atom stereocenters. The molecule has 0 saturated heterocycles. The summed E-state index contributed by atoms with van der Waals surface area (Å²) < 4.78 is 1.96. The fourth-order valence-electron chi connectivity index (χ4n) is 2.90. The van der Waals surface area contributed by atoms with Crippen LogP contribution in [0.15, 0.2) is 47.7 Å². The van der Waals surface area contributed by atoms with E-state index >= 15 is 0 Å². The molecule has 0 unspecified atom stereocenters. The van der Waals surface area contributed by atoms with Crippen molar-refractivity contribution in [2.24, 2.45) is 4.99 Å². The van der Waals surface area contributed by atoms with Gasteiger partial charge in [0.1, 0.15) is 5.01 Å². The van der Waals surface area contributed by atoms with Crippen molar-refractivity contribution in [1.29, 1.82) is 0 Å². The molecule has 3 rings (SSSR count). The molecule has 0 aliphatic carbocycles. The summed E-state index contributed by atoms with van der Waals surface area (Å²) in [6.45, 7) is 8.52. The monoisotopic (exact) mass is 524 g/mol. The number of nitrogens with one attached hydrogen (secondary N) is 2. The van der Waals surface area contributed by atoms with Crippen LogP contribution in [0.25, 0.3) is 5.69 Å². The van der Waals surface area contributed by atoms with Crippen molar-refractivity contribution in [3.63, 3.8) is 0 Å². The minimum atomic E-state index is 0. The Hall–Kier alpha value is -1.94. The lowest BCUT2D eigenvalue weighted by molar-refractivity contribution is 0.741. The van der Waals surface area contributed by atoms with Gasteiger partial charge in [0, 0.05) is 30.4 Å². The molecule has 0 amide bonds. The van der Waals surface area contributed by atoms with Gasteiger partial charge in [-0.3, -0.25) is 0 Å². The number of hydrogen-bond donors (Lipinski definition) is 2. The van der Waals surface area contributed by atoms with Gasteiger partial charge in [-0.1, -0.05) is 18.2 Å². The molecule has 0 spiro atoms. The number of nitrogens with zero attached hydrogens (tertiary/aromatic N) is 4. The minimum absolute atomic E-state index is 0. The second-order valence-electron chi connectivity index (χ2n) is 6.61. The zero-order valence-electron chi connectivity index (χ0n) is 17.2. The highest BCUT2D eigenvalue weighted by atomic mass is 127. The third-order valence-corrected chi connectivity index (χ3v) is 5.22. The number of aliphatic imine (C=N–C) groups is 1. The highest BCUT2D eigenvalue weighted by molar-refractivity contribution is 14.0. The summed E-state index contributed by atoms with van der Waals surface area (Å²) in [5.74, 6) is 0.840. The Morgan fingerprint density at radius 2 is 1.97 bits per heavy atom. The van der Waals surface area contributed by atoms with Gasteiger partial charge >= 0.3 is 0 Å². The number of aryl methyl sites for hydroxylation is 3. The number of para-hydroxylation sites is 1. The van der Waals surface area contributed by atoms with Crippen LogP contribution in [0.5, 0.6) is 0 Å². The van der Waals surface area contributed by atoms with E-state index in [9.17, 15) is 0 Å². The van der Waals surface area contributed by atoms with E-state index in [4.69, 9.17) is 0 Å². The molecule has 156 valence electrons. The summed E-state index contributed by atoms with van der Waals surface area (Å²) in [5.41, 5.74) is 3.46. The molecule has 0 fully saturated rings. The maximum absolute atomic E-state index is 4.64. The molecule has 6 nitrogen and oxygen atoms in total. The summed E-state index contributed by atoms with van der Waals surface area (Å²) in [4.78, 5) is 10.2. The average molecular weight is 524 g/mol. The fourth-order valence-corrected chi connectivity index (χ4v) is 3.61. The van der Waals surface area contributed by atoms with Crippen molar-refractivity contribution in [2.45, 2.75) is 40.2 Å². The molecule has 0 aliphatic heterocycles. The SMILES string of the molecule is CCNC(=NCc1ncc(C)s1)NCCCc1cn(-c2ccccc2)nc1C.I. The fraction of sp³-hybridized carbons (Fsp3) is 0.381. The second kappa shape index (κ2) is 11.9. The Balaban J connectivity index is 0.00000300. The minimum Gasteiger partial charge on any atom is -0.357 e. The topological polar surface area (TPSA) is 67.1 Å². The van der Waals surface area contributed by atoms with Crippen LogP contribution in [0.4, 0.5) is 0 Å². The van der Waals surface area contributed by atoms with Gasteiger partial charge in [-0.05, 0) is 51.3 Å². The predicted molar refractivity (Wildman–Crippen MR) is 132 cm³/mol. The molecule has 0 radical (unpaired) electrons. The quantitative estimate of drug-likeness (QED) is 0.200. The second-order valence-corrected chi connectivity index (χ2v) is 7.93. The van der Waals surface area contributed by atoms with Crippen LogP contribution in [-0.2, 0) is 13.0 Å². The van der Waals surface area contributed by atoms with Crippen LogP contribution in [0.2, 0.25) is 0 Å². The first-order valence-corrected chi connectivity index (χ1v) is 10.5. The lowest BCUT2D eigenvalue weighted by atomic mass is 10.1. The summed E-state index contributed by atoms with van der Waals surface area (Å²) >= 11 is 1.69. The van der Waals surface area contributed by atoms with Gasteiger partial charge in [0.25, 0.3) is 0 Å². The van der Waals surface area contributed by atoms with Gasteiger partial charge in [0.2, 0.25) is 0 Å². The van der Waals surface area contributed by atoms with Crippen LogP contribution >= 0.6 is 35.3 Å². The van der Waals surface area contributed by atoms with E-state index in [1.54, 1.807) is 11.3 Å². The average Bonchev–Trinajstić information content (AvgIpc) is 3.29. The van der Waals surface area contributed by atoms with Gasteiger partial charge in [0.05, 0.1) is 17.9 Å². The van der Waals surface area contributed by atoms with E-state index < -0.39 is 0 Å². The van der Waals surface area contributed by atoms with Gasteiger partial charge in [0.15, 0.2) is 5.96 Å². The van der Waals surface area contributed by atoms with Crippen LogP contribution in [0, 0.1) is 13.8 Å². The van der Waals surface area contributed by atoms with Crippen molar-refractivity contribution in [3.05, 3.63) is 63.9 Å². The molecule has 3 aromatic rings. The van der Waals surface area contributed by atoms with E-state index in [0.29, 0.717) is 6.54 Å². The number of aromatic nitrogens is 3. The number of rotatable bonds is 8. The number of hydrogen-bond acceptors (Lipinski definition) is 4. The Bertz CT molecular complexity index is 903. The Labute approximate surface area is 193 Å². The Morgan fingerprint density at radius 1 is 1.17 bits per heavy atom. The van der Waals surface area contributed by atoms with Crippen LogP contribution < -0.4 is 10.6 Å². The van der Waals surface area contributed by atoms with Crippen molar-refractivity contribution >= 4 is 41.3 Å². The summed E-state index contributed by atoms with van der Waals surface area (Å²) in [7, 11) is 0. The maximum atomic E-state index is 4.64. The molecule has 1 aromatic carbocycles. The van der Waals surface area contributed by atoms with E-state index in [1.165, 1.54) is 10.4 Å². The molecular formula is C21H29IN6S. The van der Waals surface area contributed by atoms with Gasteiger partial charge in [-0.25, -0.2) is 14.7 Å². The normalized spacial score (nSPS) is 11.2. The first-order valence-electron chi connectivity index (χ1n) is 9.69. The highest BCUT2D eigenvalue weighted by Crippen LogP contribution is 2.13. The lowest BCUT2D eigenvalue weighted by Crippen LogP contribution is -2.37. The number of halogens is 1. The molecule has 0 saturated carbocycles. The molecule has 2 heterocycles. The van der Waals surface area contributed by atoms with Gasteiger partial charge in [-0.15, -0.1) is 35.3 Å². The summed E-state index contributed by atoms with van der Waals surface area (Å²) in [5, 5.41) is 12.4. The Kier molecular flexibility index (Phi) is 9.59. The summed E-state index contributed by atoms with van der Waals surface area (Å²) in [6, 6.07) is 10.2. The van der Waals surface area contributed by atoms with Crippen molar-refractivity contribution in [1.82, 2.24) is 25.4 Å². The third kappa shape index (κ3) is 7.11. The zero-order valence-corrected chi connectivity index (χ0v) is 20.3. The van der Waals surface area contributed by atoms with E-state index in [1.807, 2.05) is 29.1 Å². The third-order valence-electron chi connectivity index (χ3n) is 4.32. The molecule has 2 N–H and O–H groups in total. The number of guanidine groups is 1. The molecule has 2 aromatic heterocycles. The smallest absolute Gasteiger partial charge is 0.191 e. The first-order chi connectivity index (χ1) is 13.7. The van der Waals surface area contributed by atoms with Crippen LogP contribution in [0.3, 0.4) is 0 Å².